The van der Waals surface area contributed by atoms with E-state index in [1.54, 1.807) is 0 Å². The summed E-state index contributed by atoms with van der Waals surface area (Å²) in [6.07, 6.45) is 0. The first kappa shape index (κ1) is 12.4. The molecule has 3 nitrogen and oxygen atoms in total. The molecule has 0 aliphatic carbocycles. The topological polar surface area (TPSA) is 36.4 Å². The summed E-state index contributed by atoms with van der Waals surface area (Å²) in [6.45, 7) is 13.5. The largest absolute Gasteiger partial charge is 0.309 e. The smallest absolute Gasteiger partial charge is 0.0480 e. The Morgan fingerprint density at radius 1 is 1.31 bits per heavy atom. The van der Waals surface area contributed by atoms with Crippen molar-refractivity contribution in [1.82, 2.24) is 10.7 Å². The molecule has 0 aliphatic rings. The van der Waals surface area contributed by atoms with E-state index in [0.717, 1.165) is 12.3 Å². The monoisotopic (exact) mass is 185 g/mol. The van der Waals surface area contributed by atoms with Gasteiger partial charge in [-0.15, -0.1) is 0 Å². The normalized spacial score (nSPS) is 13.7. The van der Waals surface area contributed by atoms with Gasteiger partial charge in [0.1, 0.15) is 0 Å². The molecule has 13 heavy (non-hydrogen) atoms. The van der Waals surface area contributed by atoms with Crippen LogP contribution in [0.25, 0.3) is 0 Å². The summed E-state index contributed by atoms with van der Waals surface area (Å²) in [4.78, 5) is 0. The molecule has 0 rings (SSSR count). The van der Waals surface area contributed by atoms with E-state index in [9.17, 15) is 0 Å². The lowest BCUT2D eigenvalue weighted by molar-refractivity contribution is 0.363. The van der Waals surface area contributed by atoms with E-state index in [1.807, 2.05) is 13.8 Å². The average molecular weight is 185 g/mol. The van der Waals surface area contributed by atoms with Gasteiger partial charge in [-0.1, -0.05) is 0 Å². The molecule has 0 fully saturated rings. The molecule has 0 saturated carbocycles. The maximum atomic E-state index is 4.12. The van der Waals surface area contributed by atoms with Crippen molar-refractivity contribution in [2.75, 3.05) is 6.54 Å². The van der Waals surface area contributed by atoms with Gasteiger partial charge in [0.2, 0.25) is 0 Å². The Labute approximate surface area is 82.0 Å². The molecule has 0 aromatic rings. The van der Waals surface area contributed by atoms with E-state index < -0.39 is 0 Å². The van der Waals surface area contributed by atoms with Crippen molar-refractivity contribution in [3.05, 3.63) is 0 Å². The third-order valence-corrected chi connectivity index (χ3v) is 1.38. The fourth-order valence-corrected chi connectivity index (χ4v) is 1.13. The lowest BCUT2D eigenvalue weighted by Gasteiger charge is -2.25. The fraction of sp³-hybridized carbons (Fsp3) is 0.900. The minimum absolute atomic E-state index is 0.173. The van der Waals surface area contributed by atoms with Crippen LogP contribution >= 0.6 is 0 Å². The van der Waals surface area contributed by atoms with E-state index in [-0.39, 0.29) is 5.54 Å². The molecule has 1 unspecified atom stereocenters. The van der Waals surface area contributed by atoms with E-state index in [0.29, 0.717) is 6.04 Å². The Morgan fingerprint density at radius 2 is 1.85 bits per heavy atom. The van der Waals surface area contributed by atoms with Crippen LogP contribution in [-0.4, -0.2) is 23.8 Å². The molecule has 2 N–H and O–H groups in total. The van der Waals surface area contributed by atoms with Crippen LogP contribution in [0.4, 0.5) is 0 Å². The minimum atomic E-state index is 0.173. The van der Waals surface area contributed by atoms with Gasteiger partial charge in [-0.3, -0.25) is 0 Å². The zero-order valence-corrected chi connectivity index (χ0v) is 9.73. The zero-order chi connectivity index (χ0) is 10.5. The van der Waals surface area contributed by atoms with E-state index >= 15 is 0 Å². The summed E-state index contributed by atoms with van der Waals surface area (Å²) < 4.78 is 0. The SMILES string of the molecule is CC(C)=NNCC(C)NC(C)(C)C. The minimum Gasteiger partial charge on any atom is -0.309 e. The molecule has 0 amide bonds. The van der Waals surface area contributed by atoms with E-state index in [2.05, 4.69) is 43.5 Å². The Bertz CT molecular complexity index is 163. The lowest BCUT2D eigenvalue weighted by Crippen LogP contribution is -2.46. The third kappa shape index (κ3) is 9.34. The number of rotatable bonds is 4. The van der Waals surface area contributed by atoms with Gasteiger partial charge in [-0.2, -0.15) is 5.10 Å². The van der Waals surface area contributed by atoms with Crippen molar-refractivity contribution < 1.29 is 0 Å². The summed E-state index contributed by atoms with van der Waals surface area (Å²) in [5.74, 6) is 0. The maximum Gasteiger partial charge on any atom is 0.0480 e. The van der Waals surface area contributed by atoms with Gasteiger partial charge in [0.05, 0.1) is 0 Å². The van der Waals surface area contributed by atoms with Gasteiger partial charge in [-0.05, 0) is 41.5 Å². The summed E-state index contributed by atoms with van der Waals surface area (Å²) in [5, 5.41) is 7.58. The van der Waals surface area contributed by atoms with Gasteiger partial charge in [-0.25, -0.2) is 0 Å². The van der Waals surface area contributed by atoms with Gasteiger partial charge in [0, 0.05) is 23.8 Å². The van der Waals surface area contributed by atoms with Crippen LogP contribution < -0.4 is 10.7 Å². The number of hydrogen-bond donors (Lipinski definition) is 2. The van der Waals surface area contributed by atoms with Crippen LogP contribution in [0.15, 0.2) is 5.10 Å². The van der Waals surface area contributed by atoms with E-state index in [4.69, 9.17) is 0 Å². The number of nitrogens with zero attached hydrogens (tertiary/aromatic N) is 1. The predicted molar refractivity (Wildman–Crippen MR) is 59.1 cm³/mol. The summed E-state index contributed by atoms with van der Waals surface area (Å²) in [5.41, 5.74) is 4.26. The van der Waals surface area contributed by atoms with Crippen molar-refractivity contribution in [3.63, 3.8) is 0 Å². The fourth-order valence-electron chi connectivity index (χ4n) is 1.13. The number of nitrogens with one attached hydrogen (secondary N) is 2. The van der Waals surface area contributed by atoms with Crippen LogP contribution in [0.3, 0.4) is 0 Å². The maximum absolute atomic E-state index is 4.12. The lowest BCUT2D eigenvalue weighted by atomic mass is 10.1. The number of hydrazone groups is 1. The Hall–Kier alpha value is -0.570. The second-order valence-corrected chi connectivity index (χ2v) is 4.72. The average Bonchev–Trinajstić information content (AvgIpc) is 1.81. The molecule has 3 heteroatoms. The van der Waals surface area contributed by atoms with Gasteiger partial charge >= 0.3 is 0 Å². The quantitative estimate of drug-likeness (QED) is 0.517. The first-order chi connectivity index (χ1) is 5.81. The first-order valence-electron chi connectivity index (χ1n) is 4.83. The molecule has 0 bridgehead atoms. The van der Waals surface area contributed by atoms with Crippen LogP contribution in [0.2, 0.25) is 0 Å². The first-order valence-corrected chi connectivity index (χ1v) is 4.83. The molecule has 0 aromatic heterocycles. The highest BCUT2D eigenvalue weighted by Gasteiger charge is 2.12. The highest BCUT2D eigenvalue weighted by atomic mass is 15.3. The van der Waals surface area contributed by atoms with E-state index in [1.165, 1.54) is 0 Å². The van der Waals surface area contributed by atoms with Crippen LogP contribution in [0.1, 0.15) is 41.5 Å². The molecular formula is C10H23N3. The Balaban J connectivity index is 3.64. The van der Waals surface area contributed by atoms with Crippen LogP contribution in [0.5, 0.6) is 0 Å². The molecular weight excluding hydrogens is 162 g/mol. The second-order valence-electron chi connectivity index (χ2n) is 4.72. The standard InChI is InChI=1S/C10H23N3/c1-8(2)13-11-7-9(3)12-10(4,5)6/h9,11-12H,7H2,1-6H3. The highest BCUT2D eigenvalue weighted by Crippen LogP contribution is 2.00. The molecule has 0 spiro atoms. The summed E-state index contributed by atoms with van der Waals surface area (Å²) >= 11 is 0. The van der Waals surface area contributed by atoms with Crippen molar-refractivity contribution in [1.29, 1.82) is 0 Å². The summed E-state index contributed by atoms with van der Waals surface area (Å²) in [7, 11) is 0. The highest BCUT2D eigenvalue weighted by molar-refractivity contribution is 5.78. The molecule has 0 aromatic carbocycles. The zero-order valence-electron chi connectivity index (χ0n) is 9.73. The molecule has 0 heterocycles. The van der Waals surface area contributed by atoms with Crippen LogP contribution in [-0.2, 0) is 0 Å². The van der Waals surface area contributed by atoms with Gasteiger partial charge < -0.3 is 10.7 Å². The predicted octanol–water partition coefficient (Wildman–Crippen LogP) is 1.75. The van der Waals surface area contributed by atoms with Crippen molar-refractivity contribution in [2.45, 2.75) is 53.1 Å². The third-order valence-electron chi connectivity index (χ3n) is 1.38. The van der Waals surface area contributed by atoms with Crippen LogP contribution in [0, 0.1) is 0 Å². The van der Waals surface area contributed by atoms with Gasteiger partial charge in [0.25, 0.3) is 0 Å². The Morgan fingerprint density at radius 3 is 2.23 bits per heavy atom. The molecule has 0 saturated heterocycles. The molecule has 0 radical (unpaired) electrons. The van der Waals surface area contributed by atoms with Gasteiger partial charge in [0.15, 0.2) is 0 Å². The van der Waals surface area contributed by atoms with Crippen molar-refractivity contribution in [2.24, 2.45) is 5.10 Å². The number of hydrogen-bond acceptors (Lipinski definition) is 3. The second kappa shape index (κ2) is 5.22. The molecule has 78 valence electrons. The Kier molecular flexibility index (Phi) is 4.99. The van der Waals surface area contributed by atoms with Crippen molar-refractivity contribution >= 4 is 5.71 Å². The summed E-state index contributed by atoms with van der Waals surface area (Å²) in [6, 6.07) is 0.433. The molecule has 0 aliphatic heterocycles. The van der Waals surface area contributed by atoms with Crippen molar-refractivity contribution in [3.8, 4) is 0 Å². The molecule has 1 atom stereocenters.